The van der Waals surface area contributed by atoms with Crippen molar-refractivity contribution >= 4 is 33.8 Å². The molecule has 1 amide bonds. The summed E-state index contributed by atoms with van der Waals surface area (Å²) in [7, 11) is 1.49. The van der Waals surface area contributed by atoms with E-state index >= 15 is 0 Å². The predicted octanol–water partition coefficient (Wildman–Crippen LogP) is 6.03. The minimum atomic E-state index is -0.417. The summed E-state index contributed by atoms with van der Waals surface area (Å²) in [6, 6.07) is 19.0. The second-order valence-corrected chi connectivity index (χ2v) is 9.50. The number of aromatic nitrogens is 7. The van der Waals surface area contributed by atoms with Gasteiger partial charge in [0.15, 0.2) is 17.1 Å². The number of carbonyl (C=O) groups excluding carboxylic acids is 1. The van der Waals surface area contributed by atoms with E-state index in [-0.39, 0.29) is 5.91 Å². The van der Waals surface area contributed by atoms with E-state index < -0.39 is 5.82 Å². The average Bonchev–Trinajstić information content (AvgIpc) is 3.65. The zero-order valence-corrected chi connectivity index (χ0v) is 22.1. The molecule has 0 bridgehead atoms. The quantitative estimate of drug-likeness (QED) is 0.228. The van der Waals surface area contributed by atoms with Crippen molar-refractivity contribution in [2.24, 2.45) is 0 Å². The minimum absolute atomic E-state index is 0.227. The number of nitrogens with one attached hydrogen (secondary N) is 3. The van der Waals surface area contributed by atoms with Crippen LogP contribution in [0.4, 0.5) is 10.1 Å². The van der Waals surface area contributed by atoms with Gasteiger partial charge in [-0.2, -0.15) is 5.10 Å². The number of halogens is 1. The summed E-state index contributed by atoms with van der Waals surface area (Å²) in [4.78, 5) is 33.9. The highest BCUT2D eigenvalue weighted by atomic mass is 19.1. The summed E-state index contributed by atoms with van der Waals surface area (Å²) < 4.78 is 19.5. The number of benzene rings is 2. The molecule has 0 fully saturated rings. The number of hydrogen-bond acceptors (Lipinski definition) is 7. The summed E-state index contributed by atoms with van der Waals surface area (Å²) in [5, 5.41) is 11.0. The fraction of sp³-hybridized carbons (Fsp3) is 0.0323. The fourth-order valence-corrected chi connectivity index (χ4v) is 4.79. The number of fused-ring (bicyclic) bond motifs is 2. The first kappa shape index (κ1) is 25.0. The van der Waals surface area contributed by atoms with Gasteiger partial charge in [0.05, 0.1) is 24.4 Å². The van der Waals surface area contributed by atoms with Gasteiger partial charge in [-0.1, -0.05) is 18.2 Å². The first-order valence-corrected chi connectivity index (χ1v) is 12.9. The third-order valence-corrected chi connectivity index (χ3v) is 6.81. The maximum atomic E-state index is 14.3. The largest absolute Gasteiger partial charge is 0.497 e. The molecule has 0 atom stereocenters. The van der Waals surface area contributed by atoms with Crippen LogP contribution in [0, 0.1) is 5.82 Å². The van der Waals surface area contributed by atoms with Crippen molar-refractivity contribution in [3.05, 3.63) is 103 Å². The van der Waals surface area contributed by atoms with Gasteiger partial charge < -0.3 is 15.0 Å². The molecule has 204 valence electrons. The molecule has 0 saturated carbocycles. The van der Waals surface area contributed by atoms with Crippen molar-refractivity contribution in [2.75, 3.05) is 12.4 Å². The van der Waals surface area contributed by atoms with Crippen LogP contribution in [0.2, 0.25) is 0 Å². The van der Waals surface area contributed by atoms with Gasteiger partial charge in [0.2, 0.25) is 0 Å². The maximum absolute atomic E-state index is 14.3. The summed E-state index contributed by atoms with van der Waals surface area (Å²) in [6.45, 7) is 0. The van der Waals surface area contributed by atoms with E-state index in [4.69, 9.17) is 9.72 Å². The highest BCUT2D eigenvalue weighted by Crippen LogP contribution is 2.33. The van der Waals surface area contributed by atoms with Crippen molar-refractivity contribution in [1.82, 2.24) is 35.1 Å². The van der Waals surface area contributed by atoms with Crippen LogP contribution in [0.25, 0.3) is 56.0 Å². The van der Waals surface area contributed by atoms with Gasteiger partial charge in [-0.3, -0.25) is 14.9 Å². The van der Waals surface area contributed by atoms with E-state index in [1.165, 1.54) is 19.2 Å². The van der Waals surface area contributed by atoms with E-state index in [2.05, 4.69) is 35.5 Å². The molecule has 5 aromatic heterocycles. The number of ether oxygens (including phenoxy) is 1. The van der Waals surface area contributed by atoms with E-state index in [1.54, 1.807) is 49.1 Å². The number of methoxy groups -OCH3 is 1. The van der Waals surface area contributed by atoms with Crippen LogP contribution in [0.3, 0.4) is 0 Å². The third kappa shape index (κ3) is 4.58. The lowest BCUT2D eigenvalue weighted by Gasteiger charge is -2.07. The Hall–Kier alpha value is -5.97. The van der Waals surface area contributed by atoms with Crippen molar-refractivity contribution < 1.29 is 13.9 Å². The molecule has 11 heteroatoms. The number of amides is 1. The number of H-pyrrole nitrogens is 2. The van der Waals surface area contributed by atoms with E-state index in [0.717, 1.165) is 16.5 Å². The van der Waals surface area contributed by atoms with Crippen molar-refractivity contribution in [3.63, 3.8) is 0 Å². The maximum Gasteiger partial charge on any atom is 0.255 e. The molecule has 3 N–H and O–H groups in total. The number of anilines is 1. The monoisotopic (exact) mass is 556 g/mol. The van der Waals surface area contributed by atoms with Crippen LogP contribution in [0.1, 0.15) is 10.4 Å². The van der Waals surface area contributed by atoms with Gasteiger partial charge >= 0.3 is 0 Å². The second kappa shape index (κ2) is 10.2. The standard InChI is InChI=1S/C31H21FN8O2/c1-42-23-11-18(9-21(32)13-23)24-7-8-34-29-26(24)37-30(38-29)27-25-12-20(15-35-28(25)40-39-27)19-10-22(16-33-14-19)36-31(41)17-5-3-2-4-6-17/h2-16H,1H3,(H,36,41)(H,34,37,38)(H,35,39,40). The van der Waals surface area contributed by atoms with Crippen molar-refractivity contribution in [1.29, 1.82) is 0 Å². The minimum Gasteiger partial charge on any atom is -0.497 e. The highest BCUT2D eigenvalue weighted by Gasteiger charge is 2.18. The first-order valence-electron chi connectivity index (χ1n) is 12.9. The molecule has 0 aliphatic rings. The topological polar surface area (TPSA) is 134 Å². The van der Waals surface area contributed by atoms with Crippen LogP contribution >= 0.6 is 0 Å². The Morgan fingerprint density at radius 1 is 0.905 bits per heavy atom. The molecule has 5 heterocycles. The molecule has 0 aliphatic heterocycles. The number of imidazole rings is 1. The smallest absolute Gasteiger partial charge is 0.255 e. The molecule has 0 radical (unpaired) electrons. The van der Waals surface area contributed by atoms with Crippen LogP contribution < -0.4 is 10.1 Å². The Morgan fingerprint density at radius 2 is 1.76 bits per heavy atom. The van der Waals surface area contributed by atoms with Crippen molar-refractivity contribution in [2.45, 2.75) is 0 Å². The molecule has 0 spiro atoms. The fourth-order valence-electron chi connectivity index (χ4n) is 4.79. The van der Waals surface area contributed by atoms with Gasteiger partial charge in [0, 0.05) is 46.9 Å². The van der Waals surface area contributed by atoms with Gasteiger partial charge in [-0.05, 0) is 48.0 Å². The third-order valence-electron chi connectivity index (χ3n) is 6.81. The van der Waals surface area contributed by atoms with E-state index in [0.29, 0.717) is 56.5 Å². The van der Waals surface area contributed by atoms with E-state index in [1.807, 2.05) is 30.3 Å². The van der Waals surface area contributed by atoms with Gasteiger partial charge in [-0.15, -0.1) is 0 Å². The Labute approximate surface area is 237 Å². The summed E-state index contributed by atoms with van der Waals surface area (Å²) in [6.07, 6.45) is 6.63. The summed E-state index contributed by atoms with van der Waals surface area (Å²) >= 11 is 0. The first-order chi connectivity index (χ1) is 20.6. The Morgan fingerprint density at radius 3 is 2.62 bits per heavy atom. The molecule has 7 aromatic rings. The number of hydrogen-bond donors (Lipinski definition) is 3. The predicted molar refractivity (Wildman–Crippen MR) is 156 cm³/mol. The summed E-state index contributed by atoms with van der Waals surface area (Å²) in [5.41, 5.74) is 6.14. The van der Waals surface area contributed by atoms with Gasteiger partial charge in [0.1, 0.15) is 22.8 Å². The number of nitrogens with zero attached hydrogens (tertiary/aromatic N) is 5. The number of pyridine rings is 3. The molecule has 0 saturated heterocycles. The number of carbonyl (C=O) groups is 1. The molecule has 10 nitrogen and oxygen atoms in total. The molecular formula is C31H21FN8O2. The van der Waals surface area contributed by atoms with Crippen LogP contribution in [-0.2, 0) is 0 Å². The van der Waals surface area contributed by atoms with Crippen LogP contribution in [0.15, 0.2) is 91.5 Å². The number of rotatable bonds is 6. The van der Waals surface area contributed by atoms with Gasteiger partial charge in [-0.25, -0.2) is 19.3 Å². The Kier molecular flexibility index (Phi) is 6.08. The lowest BCUT2D eigenvalue weighted by atomic mass is 10.1. The molecule has 7 rings (SSSR count). The molecule has 42 heavy (non-hydrogen) atoms. The summed E-state index contributed by atoms with van der Waals surface area (Å²) in [5.74, 6) is 0.233. The Balaban J connectivity index is 1.25. The molecule has 2 aromatic carbocycles. The Bertz CT molecular complexity index is 2110. The zero-order valence-electron chi connectivity index (χ0n) is 22.1. The van der Waals surface area contributed by atoms with Crippen LogP contribution in [0.5, 0.6) is 5.75 Å². The highest BCUT2D eigenvalue weighted by molar-refractivity contribution is 6.04. The average molecular weight is 557 g/mol. The molecular weight excluding hydrogens is 535 g/mol. The van der Waals surface area contributed by atoms with Gasteiger partial charge in [0.25, 0.3) is 5.91 Å². The lowest BCUT2D eigenvalue weighted by molar-refractivity contribution is 0.102. The van der Waals surface area contributed by atoms with Crippen LogP contribution in [-0.4, -0.2) is 48.1 Å². The zero-order chi connectivity index (χ0) is 28.6. The normalized spacial score (nSPS) is 11.2. The van der Waals surface area contributed by atoms with E-state index in [9.17, 15) is 9.18 Å². The number of aromatic amines is 2. The second-order valence-electron chi connectivity index (χ2n) is 9.50. The lowest BCUT2D eigenvalue weighted by Crippen LogP contribution is -2.11. The molecule has 0 aliphatic carbocycles. The van der Waals surface area contributed by atoms with Crippen molar-refractivity contribution in [3.8, 4) is 39.5 Å². The molecule has 0 unspecified atom stereocenters. The SMILES string of the molecule is COc1cc(F)cc(-c2ccnc3[nH]c(-c4n[nH]c5ncc(-c6cncc(NC(=O)c7ccccc7)c6)cc45)nc23)c1.